The lowest BCUT2D eigenvalue weighted by Crippen LogP contribution is -2.48. The zero-order valence-corrected chi connectivity index (χ0v) is 12.7. The van der Waals surface area contributed by atoms with Crippen LogP contribution in [0.25, 0.3) is 11.1 Å². The molecule has 1 saturated carbocycles. The zero-order valence-electron chi connectivity index (χ0n) is 12.7. The second-order valence-electron chi connectivity index (χ2n) is 6.32. The summed E-state index contributed by atoms with van der Waals surface area (Å²) in [6.07, 6.45) is 1.80. The predicted molar refractivity (Wildman–Crippen MR) is 87.6 cm³/mol. The van der Waals surface area contributed by atoms with Gasteiger partial charge in [0.2, 0.25) is 11.8 Å². The van der Waals surface area contributed by atoms with E-state index in [4.69, 9.17) is 5.73 Å². The van der Waals surface area contributed by atoms with Crippen LogP contribution in [0.4, 0.5) is 0 Å². The van der Waals surface area contributed by atoms with Gasteiger partial charge < -0.3 is 11.1 Å². The summed E-state index contributed by atoms with van der Waals surface area (Å²) < 4.78 is 0. The first-order chi connectivity index (χ1) is 11.2. The number of hydrogen-bond acceptors (Lipinski definition) is 2. The molecular weight excluding hydrogens is 288 g/mol. The summed E-state index contributed by atoms with van der Waals surface area (Å²) >= 11 is 0. The van der Waals surface area contributed by atoms with Crippen molar-refractivity contribution < 1.29 is 9.59 Å². The number of rotatable bonds is 4. The third-order valence-electron chi connectivity index (χ3n) is 4.77. The van der Waals surface area contributed by atoms with E-state index in [2.05, 4.69) is 17.4 Å². The Morgan fingerprint density at radius 1 is 0.957 bits per heavy atom. The van der Waals surface area contributed by atoms with Crippen LogP contribution in [-0.4, -0.2) is 17.9 Å². The van der Waals surface area contributed by atoms with Crippen molar-refractivity contribution in [2.45, 2.75) is 24.8 Å². The standard InChI is InChI=1S/C19H18N2O2/c20-18(22)17(21-19(23)11-9-10-11)16-14-7-3-1-5-12(14)13-6-2-4-8-15(13)16/h1-8,11,16-17H,9-10H2,(H2,20,22)(H,21,23)/t17-/m1/s1. The topological polar surface area (TPSA) is 72.2 Å². The summed E-state index contributed by atoms with van der Waals surface area (Å²) in [4.78, 5) is 24.3. The average Bonchev–Trinajstić information content (AvgIpc) is 3.35. The van der Waals surface area contributed by atoms with Crippen molar-refractivity contribution in [1.29, 1.82) is 0 Å². The van der Waals surface area contributed by atoms with Crippen molar-refractivity contribution in [2.24, 2.45) is 11.7 Å². The number of amides is 2. The van der Waals surface area contributed by atoms with Crippen LogP contribution in [0.3, 0.4) is 0 Å². The summed E-state index contributed by atoms with van der Waals surface area (Å²) in [6, 6.07) is 15.3. The van der Waals surface area contributed by atoms with E-state index in [1.165, 1.54) is 0 Å². The summed E-state index contributed by atoms with van der Waals surface area (Å²) in [5, 5.41) is 2.89. The van der Waals surface area contributed by atoms with Gasteiger partial charge in [-0.2, -0.15) is 0 Å². The highest BCUT2D eigenvalue weighted by Gasteiger charge is 2.40. The van der Waals surface area contributed by atoms with Crippen LogP contribution in [0, 0.1) is 5.92 Å². The first kappa shape index (κ1) is 14.0. The molecule has 2 aromatic carbocycles. The molecule has 0 heterocycles. The number of nitrogens with two attached hydrogens (primary N) is 1. The summed E-state index contributed by atoms with van der Waals surface area (Å²) in [7, 11) is 0. The minimum absolute atomic E-state index is 0.0451. The molecule has 0 spiro atoms. The Hall–Kier alpha value is -2.62. The van der Waals surface area contributed by atoms with Crippen LogP contribution in [-0.2, 0) is 9.59 Å². The van der Waals surface area contributed by atoms with Crippen molar-refractivity contribution in [3.8, 4) is 11.1 Å². The molecule has 3 N–H and O–H groups in total. The second-order valence-corrected chi connectivity index (χ2v) is 6.32. The van der Waals surface area contributed by atoms with E-state index >= 15 is 0 Å². The lowest BCUT2D eigenvalue weighted by atomic mass is 9.88. The van der Waals surface area contributed by atoms with Gasteiger partial charge in [-0.05, 0) is 35.1 Å². The van der Waals surface area contributed by atoms with Crippen molar-refractivity contribution in [3.63, 3.8) is 0 Å². The Kier molecular flexibility index (Phi) is 3.18. The van der Waals surface area contributed by atoms with Gasteiger partial charge in [0.05, 0.1) is 0 Å². The molecule has 0 aliphatic heterocycles. The molecule has 0 saturated heterocycles. The third-order valence-corrected chi connectivity index (χ3v) is 4.77. The van der Waals surface area contributed by atoms with Gasteiger partial charge in [0.25, 0.3) is 0 Å². The number of nitrogens with one attached hydrogen (secondary N) is 1. The molecule has 0 radical (unpaired) electrons. The SMILES string of the molecule is NC(=O)[C@H](NC(=O)C1CC1)C1c2ccccc2-c2ccccc21. The van der Waals surface area contributed by atoms with Crippen LogP contribution >= 0.6 is 0 Å². The Morgan fingerprint density at radius 2 is 1.48 bits per heavy atom. The molecule has 23 heavy (non-hydrogen) atoms. The van der Waals surface area contributed by atoms with Gasteiger partial charge >= 0.3 is 0 Å². The zero-order chi connectivity index (χ0) is 16.0. The van der Waals surface area contributed by atoms with Crippen LogP contribution in [0.5, 0.6) is 0 Å². The van der Waals surface area contributed by atoms with E-state index in [1.807, 2.05) is 36.4 Å². The first-order valence-electron chi connectivity index (χ1n) is 7.94. The molecule has 0 bridgehead atoms. The molecule has 4 nitrogen and oxygen atoms in total. The number of carbonyl (C=O) groups excluding carboxylic acids is 2. The van der Waals surface area contributed by atoms with Gasteiger partial charge in [-0.1, -0.05) is 48.5 Å². The molecule has 4 heteroatoms. The van der Waals surface area contributed by atoms with E-state index in [0.29, 0.717) is 0 Å². The maximum absolute atomic E-state index is 12.2. The van der Waals surface area contributed by atoms with E-state index < -0.39 is 11.9 Å². The molecule has 4 rings (SSSR count). The fourth-order valence-corrected chi connectivity index (χ4v) is 3.49. The Balaban J connectivity index is 1.79. The molecule has 2 aliphatic carbocycles. The molecule has 0 aromatic heterocycles. The summed E-state index contributed by atoms with van der Waals surface area (Å²) in [6.45, 7) is 0. The van der Waals surface area contributed by atoms with Gasteiger partial charge in [0, 0.05) is 11.8 Å². The fourth-order valence-electron chi connectivity index (χ4n) is 3.49. The number of primary amides is 1. The molecule has 1 fully saturated rings. The lowest BCUT2D eigenvalue weighted by Gasteiger charge is -2.24. The minimum Gasteiger partial charge on any atom is -0.368 e. The maximum atomic E-state index is 12.2. The minimum atomic E-state index is -0.715. The number of hydrogen-bond donors (Lipinski definition) is 2. The normalized spacial score (nSPS) is 17.2. The molecule has 2 amide bonds. The molecule has 0 unspecified atom stereocenters. The van der Waals surface area contributed by atoms with Crippen molar-refractivity contribution in [1.82, 2.24) is 5.32 Å². The van der Waals surface area contributed by atoms with E-state index in [9.17, 15) is 9.59 Å². The van der Waals surface area contributed by atoms with Crippen molar-refractivity contribution in [3.05, 3.63) is 59.7 Å². The fraction of sp³-hybridized carbons (Fsp3) is 0.263. The third kappa shape index (κ3) is 2.31. The van der Waals surface area contributed by atoms with Gasteiger partial charge in [-0.15, -0.1) is 0 Å². The Morgan fingerprint density at radius 3 is 1.96 bits per heavy atom. The summed E-state index contributed by atoms with van der Waals surface area (Å²) in [5.74, 6) is -0.725. The van der Waals surface area contributed by atoms with Crippen LogP contribution in [0.15, 0.2) is 48.5 Å². The highest BCUT2D eigenvalue weighted by atomic mass is 16.2. The van der Waals surface area contributed by atoms with Gasteiger partial charge in [0.1, 0.15) is 6.04 Å². The number of fused-ring (bicyclic) bond motifs is 3. The van der Waals surface area contributed by atoms with Gasteiger partial charge in [-0.3, -0.25) is 9.59 Å². The van der Waals surface area contributed by atoms with Crippen LogP contribution in [0.2, 0.25) is 0 Å². The van der Waals surface area contributed by atoms with Gasteiger partial charge in [-0.25, -0.2) is 0 Å². The molecule has 116 valence electrons. The van der Waals surface area contributed by atoms with Crippen molar-refractivity contribution >= 4 is 11.8 Å². The predicted octanol–water partition coefficient (Wildman–Crippen LogP) is 2.18. The van der Waals surface area contributed by atoms with E-state index in [-0.39, 0.29) is 17.7 Å². The van der Waals surface area contributed by atoms with Crippen molar-refractivity contribution in [2.75, 3.05) is 0 Å². The molecule has 2 aromatic rings. The molecule has 1 atom stereocenters. The quantitative estimate of drug-likeness (QED) is 0.908. The highest BCUT2D eigenvalue weighted by molar-refractivity contribution is 5.92. The van der Waals surface area contributed by atoms with Crippen LogP contribution in [0.1, 0.15) is 29.9 Å². The van der Waals surface area contributed by atoms with Gasteiger partial charge in [0.15, 0.2) is 0 Å². The molecular formula is C19H18N2O2. The smallest absolute Gasteiger partial charge is 0.240 e. The first-order valence-corrected chi connectivity index (χ1v) is 7.94. The highest BCUT2D eigenvalue weighted by Crippen LogP contribution is 2.46. The average molecular weight is 306 g/mol. The Labute approximate surface area is 134 Å². The number of carbonyl (C=O) groups is 2. The summed E-state index contributed by atoms with van der Waals surface area (Å²) in [5.41, 5.74) is 9.97. The molecule has 2 aliphatic rings. The largest absolute Gasteiger partial charge is 0.368 e. The van der Waals surface area contributed by atoms with E-state index in [1.54, 1.807) is 0 Å². The lowest BCUT2D eigenvalue weighted by molar-refractivity contribution is -0.128. The Bertz CT molecular complexity index is 750. The number of benzene rings is 2. The van der Waals surface area contributed by atoms with E-state index in [0.717, 1.165) is 35.1 Å². The maximum Gasteiger partial charge on any atom is 0.240 e. The monoisotopic (exact) mass is 306 g/mol. The van der Waals surface area contributed by atoms with Crippen LogP contribution < -0.4 is 11.1 Å². The second kappa shape index (κ2) is 5.23.